The maximum Gasteiger partial charge on any atom is 0.324 e. The van der Waals surface area contributed by atoms with Crippen molar-refractivity contribution >= 4 is 5.97 Å². The summed E-state index contributed by atoms with van der Waals surface area (Å²) in [5.74, 6) is -0.296. The Morgan fingerprint density at radius 1 is 1.57 bits per heavy atom. The highest BCUT2D eigenvalue weighted by Gasteiger charge is 2.41. The molecule has 0 saturated heterocycles. The summed E-state index contributed by atoms with van der Waals surface area (Å²) in [6.45, 7) is 2.14. The molecule has 1 aliphatic rings. The molecule has 1 saturated carbocycles. The summed E-state index contributed by atoms with van der Waals surface area (Å²) in [7, 11) is 0. The smallest absolute Gasteiger partial charge is 0.324 e. The third kappa shape index (κ3) is 2.06. The van der Waals surface area contributed by atoms with Crippen LogP contribution in [0.3, 0.4) is 0 Å². The standard InChI is InChI=1S/C11H17NO2/c1-2-3-9-4-6-11(8-12,7-5-9)10(13)14/h9H,2-7H2,1H3,(H,13,14). The van der Waals surface area contributed by atoms with E-state index in [4.69, 9.17) is 10.4 Å². The summed E-state index contributed by atoms with van der Waals surface area (Å²) in [5, 5.41) is 17.9. The van der Waals surface area contributed by atoms with Gasteiger partial charge in [0.2, 0.25) is 0 Å². The van der Waals surface area contributed by atoms with Gasteiger partial charge in [-0.2, -0.15) is 5.26 Å². The van der Waals surface area contributed by atoms with E-state index >= 15 is 0 Å². The van der Waals surface area contributed by atoms with Crippen molar-refractivity contribution in [2.75, 3.05) is 0 Å². The maximum absolute atomic E-state index is 10.9. The monoisotopic (exact) mass is 195 g/mol. The third-order valence-corrected chi connectivity index (χ3v) is 3.28. The van der Waals surface area contributed by atoms with Crippen LogP contribution in [0.1, 0.15) is 45.4 Å². The van der Waals surface area contributed by atoms with E-state index in [1.54, 1.807) is 0 Å². The Morgan fingerprint density at radius 2 is 2.14 bits per heavy atom. The first-order chi connectivity index (χ1) is 6.64. The van der Waals surface area contributed by atoms with Gasteiger partial charge in [0.25, 0.3) is 0 Å². The molecule has 1 aliphatic carbocycles. The summed E-state index contributed by atoms with van der Waals surface area (Å²) >= 11 is 0. The van der Waals surface area contributed by atoms with Crippen molar-refractivity contribution in [3.8, 4) is 6.07 Å². The molecule has 0 aliphatic heterocycles. The summed E-state index contributed by atoms with van der Waals surface area (Å²) in [6.07, 6.45) is 5.17. The average Bonchev–Trinajstić information content (AvgIpc) is 2.19. The lowest BCUT2D eigenvalue weighted by Gasteiger charge is -2.31. The lowest BCUT2D eigenvalue weighted by atomic mass is 9.70. The van der Waals surface area contributed by atoms with Crippen molar-refractivity contribution in [3.05, 3.63) is 0 Å². The van der Waals surface area contributed by atoms with E-state index in [1.807, 2.05) is 6.07 Å². The maximum atomic E-state index is 10.9. The second-order valence-corrected chi connectivity index (χ2v) is 4.23. The largest absolute Gasteiger partial charge is 0.480 e. The second-order valence-electron chi connectivity index (χ2n) is 4.23. The lowest BCUT2D eigenvalue weighted by molar-refractivity contribution is -0.147. The normalized spacial score (nSPS) is 32.1. The van der Waals surface area contributed by atoms with Crippen LogP contribution < -0.4 is 0 Å². The SMILES string of the molecule is CCCC1CCC(C#N)(C(=O)O)CC1. The molecule has 14 heavy (non-hydrogen) atoms. The van der Waals surface area contributed by atoms with Gasteiger partial charge in [-0.3, -0.25) is 4.79 Å². The first kappa shape index (κ1) is 11.0. The Labute approximate surface area is 84.7 Å². The van der Waals surface area contributed by atoms with Gasteiger partial charge >= 0.3 is 5.97 Å². The first-order valence-corrected chi connectivity index (χ1v) is 5.29. The molecule has 0 amide bonds. The van der Waals surface area contributed by atoms with E-state index in [0.717, 1.165) is 19.3 Å². The zero-order valence-corrected chi connectivity index (χ0v) is 8.62. The van der Waals surface area contributed by atoms with Crippen molar-refractivity contribution in [1.82, 2.24) is 0 Å². The van der Waals surface area contributed by atoms with E-state index in [1.165, 1.54) is 6.42 Å². The molecule has 78 valence electrons. The van der Waals surface area contributed by atoms with Gasteiger partial charge in [-0.15, -0.1) is 0 Å². The van der Waals surface area contributed by atoms with Crippen LogP contribution in [0.15, 0.2) is 0 Å². The van der Waals surface area contributed by atoms with Crippen molar-refractivity contribution in [2.45, 2.75) is 45.4 Å². The number of hydrogen-bond acceptors (Lipinski definition) is 2. The first-order valence-electron chi connectivity index (χ1n) is 5.29. The highest BCUT2D eigenvalue weighted by atomic mass is 16.4. The molecule has 3 heteroatoms. The Morgan fingerprint density at radius 3 is 2.50 bits per heavy atom. The highest BCUT2D eigenvalue weighted by molar-refractivity contribution is 5.78. The number of rotatable bonds is 3. The van der Waals surface area contributed by atoms with Gasteiger partial charge in [-0.1, -0.05) is 19.8 Å². The zero-order valence-electron chi connectivity index (χ0n) is 8.62. The molecule has 0 aromatic rings. The Hall–Kier alpha value is -1.04. The number of nitriles is 1. The fraction of sp³-hybridized carbons (Fsp3) is 0.818. The van der Waals surface area contributed by atoms with Crippen LogP contribution in [0.2, 0.25) is 0 Å². The quantitative estimate of drug-likeness (QED) is 0.752. The molecule has 0 spiro atoms. The van der Waals surface area contributed by atoms with Crippen LogP contribution in [0.25, 0.3) is 0 Å². The third-order valence-electron chi connectivity index (χ3n) is 3.28. The Kier molecular flexibility index (Phi) is 3.51. The number of carbonyl (C=O) groups is 1. The summed E-state index contributed by atoms with van der Waals surface area (Å²) in [4.78, 5) is 10.9. The molecule has 0 unspecified atom stereocenters. The molecule has 0 aromatic heterocycles. The van der Waals surface area contributed by atoms with E-state index in [2.05, 4.69) is 6.92 Å². The van der Waals surface area contributed by atoms with Crippen LogP contribution in [-0.2, 0) is 4.79 Å². The molecule has 1 fully saturated rings. The number of carboxylic acids is 1. The molecule has 1 rings (SSSR count). The van der Waals surface area contributed by atoms with Crippen molar-refractivity contribution in [1.29, 1.82) is 5.26 Å². The predicted molar refractivity (Wildman–Crippen MR) is 52.5 cm³/mol. The molecule has 0 bridgehead atoms. The van der Waals surface area contributed by atoms with Gasteiger partial charge in [-0.05, 0) is 31.6 Å². The molecule has 0 heterocycles. The zero-order chi connectivity index (χ0) is 10.6. The molecular weight excluding hydrogens is 178 g/mol. The van der Waals surface area contributed by atoms with E-state index in [9.17, 15) is 4.79 Å². The number of hydrogen-bond donors (Lipinski definition) is 1. The summed E-state index contributed by atoms with van der Waals surface area (Å²) in [5.41, 5.74) is -1.08. The topological polar surface area (TPSA) is 61.1 Å². The average molecular weight is 195 g/mol. The van der Waals surface area contributed by atoms with Crippen molar-refractivity contribution in [2.24, 2.45) is 11.3 Å². The van der Waals surface area contributed by atoms with Crippen LogP contribution >= 0.6 is 0 Å². The number of carboxylic acid groups (broad SMARTS) is 1. The van der Waals surface area contributed by atoms with Crippen molar-refractivity contribution in [3.63, 3.8) is 0 Å². The van der Waals surface area contributed by atoms with E-state index in [-0.39, 0.29) is 0 Å². The van der Waals surface area contributed by atoms with Gasteiger partial charge in [0, 0.05) is 0 Å². The van der Waals surface area contributed by atoms with Crippen LogP contribution in [-0.4, -0.2) is 11.1 Å². The number of nitrogens with zero attached hydrogens (tertiary/aromatic N) is 1. The van der Waals surface area contributed by atoms with Crippen LogP contribution in [0, 0.1) is 22.7 Å². The molecule has 3 nitrogen and oxygen atoms in total. The molecule has 1 N–H and O–H groups in total. The van der Waals surface area contributed by atoms with E-state index < -0.39 is 11.4 Å². The predicted octanol–water partition coefficient (Wildman–Crippen LogP) is 2.57. The minimum absolute atomic E-state index is 0.531. The molecule has 0 radical (unpaired) electrons. The van der Waals surface area contributed by atoms with Gasteiger partial charge in [-0.25, -0.2) is 0 Å². The van der Waals surface area contributed by atoms with Gasteiger partial charge in [0.05, 0.1) is 6.07 Å². The molecule has 0 atom stereocenters. The lowest BCUT2D eigenvalue weighted by Crippen LogP contribution is -2.34. The second kappa shape index (κ2) is 4.45. The van der Waals surface area contributed by atoms with Crippen molar-refractivity contribution < 1.29 is 9.90 Å². The number of aliphatic carboxylic acids is 1. The fourth-order valence-electron chi connectivity index (χ4n) is 2.24. The summed E-state index contributed by atoms with van der Waals surface area (Å²) in [6, 6.07) is 1.98. The Bertz CT molecular complexity index is 247. The van der Waals surface area contributed by atoms with Crippen LogP contribution in [0.4, 0.5) is 0 Å². The summed E-state index contributed by atoms with van der Waals surface area (Å²) < 4.78 is 0. The Balaban J connectivity index is 2.56. The molecule has 0 aromatic carbocycles. The minimum Gasteiger partial charge on any atom is -0.480 e. The van der Waals surface area contributed by atoms with Crippen LogP contribution in [0.5, 0.6) is 0 Å². The highest BCUT2D eigenvalue weighted by Crippen LogP contribution is 2.40. The minimum atomic E-state index is -1.08. The van der Waals surface area contributed by atoms with E-state index in [0.29, 0.717) is 18.8 Å². The molecular formula is C11H17NO2. The fourth-order valence-corrected chi connectivity index (χ4v) is 2.24. The van der Waals surface area contributed by atoms with Gasteiger partial charge in [0.15, 0.2) is 5.41 Å². The van der Waals surface area contributed by atoms with Gasteiger partial charge in [0.1, 0.15) is 0 Å². The van der Waals surface area contributed by atoms with Gasteiger partial charge < -0.3 is 5.11 Å².